The molecular weight excluding hydrogens is 381 g/mol. The summed E-state index contributed by atoms with van der Waals surface area (Å²) in [5.74, 6) is -0.617. The number of ether oxygens (including phenoxy) is 1. The van der Waals surface area contributed by atoms with Crippen molar-refractivity contribution in [1.82, 2.24) is 4.90 Å². The molecule has 1 rings (SSSR count). The summed E-state index contributed by atoms with van der Waals surface area (Å²) in [6.45, 7) is 4.04. The highest BCUT2D eigenvalue weighted by Gasteiger charge is 2.15. The lowest BCUT2D eigenvalue weighted by Gasteiger charge is -2.21. The monoisotopic (exact) mass is 395 g/mol. The maximum atomic E-state index is 13.4. The molecule has 3 nitrogen and oxygen atoms in total. The van der Waals surface area contributed by atoms with Crippen molar-refractivity contribution >= 4 is 37.8 Å². The second kappa shape index (κ2) is 8.66. The number of likely N-dealkylation sites (N-methyl/N-ethyl adjacent to an activating group) is 1. The number of hydrogen-bond acceptors (Lipinski definition) is 2. The van der Waals surface area contributed by atoms with Crippen LogP contribution in [0.1, 0.15) is 17.3 Å². The Morgan fingerprint density at radius 1 is 1.42 bits per heavy atom. The molecule has 0 saturated carbocycles. The van der Waals surface area contributed by atoms with Gasteiger partial charge in [0.2, 0.25) is 0 Å². The molecule has 19 heavy (non-hydrogen) atoms. The molecule has 1 aromatic carbocycles. The predicted octanol–water partition coefficient (Wildman–Crippen LogP) is 3.46. The number of carbonyl (C=O) groups is 1. The summed E-state index contributed by atoms with van der Waals surface area (Å²) < 4.78 is 19.1. The molecule has 1 aromatic rings. The van der Waals surface area contributed by atoms with Crippen LogP contribution < -0.4 is 0 Å². The molecule has 0 fully saturated rings. The average molecular weight is 397 g/mol. The van der Waals surface area contributed by atoms with E-state index in [1.807, 2.05) is 6.92 Å². The van der Waals surface area contributed by atoms with Gasteiger partial charge in [0, 0.05) is 24.0 Å². The highest BCUT2D eigenvalue weighted by Crippen LogP contribution is 2.17. The molecule has 0 heterocycles. The van der Waals surface area contributed by atoms with Crippen LogP contribution in [-0.2, 0) is 4.74 Å². The molecule has 6 heteroatoms. The molecule has 0 aromatic heterocycles. The van der Waals surface area contributed by atoms with E-state index in [9.17, 15) is 9.18 Å². The van der Waals surface area contributed by atoms with E-state index < -0.39 is 5.82 Å². The summed E-state index contributed by atoms with van der Waals surface area (Å²) in [5.41, 5.74) is 0.350. The lowest BCUT2D eigenvalue weighted by atomic mass is 10.2. The normalized spacial score (nSPS) is 10.5. The number of carbonyl (C=O) groups excluding carboxylic acids is 1. The molecule has 0 aliphatic rings. The number of nitrogens with zero attached hydrogens (tertiary/aromatic N) is 1. The molecule has 106 valence electrons. The number of amides is 1. The van der Waals surface area contributed by atoms with E-state index in [1.54, 1.807) is 11.0 Å². The second-order valence-electron chi connectivity index (χ2n) is 3.82. The van der Waals surface area contributed by atoms with Crippen molar-refractivity contribution in [2.24, 2.45) is 0 Å². The van der Waals surface area contributed by atoms with Gasteiger partial charge in [-0.2, -0.15) is 0 Å². The van der Waals surface area contributed by atoms with Crippen LogP contribution in [0, 0.1) is 5.82 Å². The maximum Gasteiger partial charge on any atom is 0.254 e. The standard InChI is InChI=1S/C13H16Br2FNO2/c1-2-17(6-8-19-7-5-14)13(18)10-3-4-11(15)12(16)9-10/h3-4,9H,2,5-8H2,1H3. The van der Waals surface area contributed by atoms with Crippen LogP contribution in [0.2, 0.25) is 0 Å². The fourth-order valence-corrected chi connectivity index (χ4v) is 2.02. The summed E-state index contributed by atoms with van der Waals surface area (Å²) in [7, 11) is 0. The molecule has 0 aliphatic carbocycles. The van der Waals surface area contributed by atoms with E-state index >= 15 is 0 Å². The second-order valence-corrected chi connectivity index (χ2v) is 5.46. The largest absolute Gasteiger partial charge is 0.379 e. The van der Waals surface area contributed by atoms with E-state index in [0.29, 0.717) is 36.3 Å². The van der Waals surface area contributed by atoms with Crippen molar-refractivity contribution in [3.8, 4) is 0 Å². The molecule has 1 amide bonds. The third-order valence-corrected chi connectivity index (χ3v) is 3.53. The van der Waals surface area contributed by atoms with Crippen LogP contribution in [0.4, 0.5) is 4.39 Å². The van der Waals surface area contributed by atoms with Crippen LogP contribution >= 0.6 is 31.9 Å². The number of benzene rings is 1. The zero-order chi connectivity index (χ0) is 14.3. The molecule has 0 radical (unpaired) electrons. The Morgan fingerprint density at radius 2 is 2.16 bits per heavy atom. The zero-order valence-electron chi connectivity index (χ0n) is 10.7. The molecule has 0 bridgehead atoms. The summed E-state index contributed by atoms with van der Waals surface area (Å²) in [4.78, 5) is 13.8. The van der Waals surface area contributed by atoms with E-state index in [1.165, 1.54) is 12.1 Å². The van der Waals surface area contributed by atoms with E-state index in [4.69, 9.17) is 4.74 Å². The van der Waals surface area contributed by atoms with Gasteiger partial charge >= 0.3 is 0 Å². The quantitative estimate of drug-likeness (QED) is 0.521. The van der Waals surface area contributed by atoms with E-state index in [-0.39, 0.29) is 5.91 Å². The van der Waals surface area contributed by atoms with Gasteiger partial charge in [-0.3, -0.25) is 4.79 Å². The Kier molecular flexibility index (Phi) is 7.56. The first-order chi connectivity index (χ1) is 9.10. The van der Waals surface area contributed by atoms with Gasteiger partial charge in [-0.15, -0.1) is 0 Å². The maximum absolute atomic E-state index is 13.4. The first-order valence-corrected chi connectivity index (χ1v) is 7.89. The molecule has 0 atom stereocenters. The minimum absolute atomic E-state index is 0.184. The number of hydrogen-bond donors (Lipinski definition) is 0. The number of alkyl halides is 1. The molecule has 0 unspecified atom stereocenters. The first kappa shape index (κ1) is 16.6. The van der Waals surface area contributed by atoms with Gasteiger partial charge in [-0.1, -0.05) is 15.9 Å². The highest BCUT2D eigenvalue weighted by molar-refractivity contribution is 9.10. The Bertz CT molecular complexity index is 429. The third kappa shape index (κ3) is 5.20. The van der Waals surface area contributed by atoms with Crippen LogP contribution in [0.3, 0.4) is 0 Å². The number of halogens is 3. The topological polar surface area (TPSA) is 29.5 Å². The van der Waals surface area contributed by atoms with E-state index in [0.717, 1.165) is 5.33 Å². The minimum Gasteiger partial charge on any atom is -0.379 e. The van der Waals surface area contributed by atoms with E-state index in [2.05, 4.69) is 31.9 Å². The van der Waals surface area contributed by atoms with Gasteiger partial charge in [0.05, 0.1) is 17.7 Å². The molecule has 0 spiro atoms. The SMILES string of the molecule is CCN(CCOCCBr)C(=O)c1ccc(Br)c(F)c1. The summed E-state index contributed by atoms with van der Waals surface area (Å²) >= 11 is 6.33. The first-order valence-electron chi connectivity index (χ1n) is 5.98. The summed E-state index contributed by atoms with van der Waals surface area (Å²) in [6, 6.07) is 4.39. The Labute approximate surface area is 129 Å². The Morgan fingerprint density at radius 3 is 2.74 bits per heavy atom. The van der Waals surface area contributed by atoms with Crippen molar-refractivity contribution in [2.45, 2.75) is 6.92 Å². The lowest BCUT2D eigenvalue weighted by molar-refractivity contribution is 0.0672. The van der Waals surface area contributed by atoms with Gasteiger partial charge in [0.1, 0.15) is 5.82 Å². The van der Waals surface area contributed by atoms with Crippen LogP contribution in [0.5, 0.6) is 0 Å². The molecule has 0 saturated heterocycles. The van der Waals surface area contributed by atoms with Gasteiger partial charge < -0.3 is 9.64 Å². The van der Waals surface area contributed by atoms with Crippen LogP contribution in [-0.4, -0.2) is 42.4 Å². The molecular formula is C13H16Br2FNO2. The van der Waals surface area contributed by atoms with Gasteiger partial charge in [0.15, 0.2) is 0 Å². The van der Waals surface area contributed by atoms with Crippen LogP contribution in [0.25, 0.3) is 0 Å². The van der Waals surface area contributed by atoms with Crippen molar-refractivity contribution in [3.05, 3.63) is 34.1 Å². The number of rotatable bonds is 7. The van der Waals surface area contributed by atoms with Crippen molar-refractivity contribution in [3.63, 3.8) is 0 Å². The van der Waals surface area contributed by atoms with Crippen LogP contribution in [0.15, 0.2) is 22.7 Å². The third-order valence-electron chi connectivity index (χ3n) is 2.56. The highest BCUT2D eigenvalue weighted by atomic mass is 79.9. The minimum atomic E-state index is -0.433. The van der Waals surface area contributed by atoms with Gasteiger partial charge in [0.25, 0.3) is 5.91 Å². The predicted molar refractivity (Wildman–Crippen MR) is 80.3 cm³/mol. The van der Waals surface area contributed by atoms with Gasteiger partial charge in [-0.05, 0) is 41.1 Å². The van der Waals surface area contributed by atoms with Crippen molar-refractivity contribution in [1.29, 1.82) is 0 Å². The smallest absolute Gasteiger partial charge is 0.254 e. The Hall–Kier alpha value is -0.460. The fraction of sp³-hybridized carbons (Fsp3) is 0.462. The fourth-order valence-electron chi connectivity index (χ4n) is 1.55. The summed E-state index contributed by atoms with van der Waals surface area (Å²) in [6.07, 6.45) is 0. The summed E-state index contributed by atoms with van der Waals surface area (Å²) in [5, 5.41) is 0.769. The zero-order valence-corrected chi connectivity index (χ0v) is 13.8. The van der Waals surface area contributed by atoms with Crippen molar-refractivity contribution in [2.75, 3.05) is 31.6 Å². The molecule has 0 aliphatic heterocycles. The average Bonchev–Trinajstić information content (AvgIpc) is 2.41. The Balaban J connectivity index is 2.64. The molecule has 0 N–H and O–H groups in total. The van der Waals surface area contributed by atoms with Crippen molar-refractivity contribution < 1.29 is 13.9 Å². The van der Waals surface area contributed by atoms with Gasteiger partial charge in [-0.25, -0.2) is 4.39 Å². The lowest BCUT2D eigenvalue weighted by Crippen LogP contribution is -2.34.